The summed E-state index contributed by atoms with van der Waals surface area (Å²) >= 11 is 12.1. The van der Waals surface area contributed by atoms with E-state index >= 15 is 0 Å². The van der Waals surface area contributed by atoms with Gasteiger partial charge in [-0.3, -0.25) is 10.1 Å². The normalized spacial score (nSPS) is 19.0. The van der Waals surface area contributed by atoms with Gasteiger partial charge in [0, 0.05) is 15.6 Å². The van der Waals surface area contributed by atoms with Crippen LogP contribution < -0.4 is 4.74 Å². The minimum atomic E-state index is -1.46. The molecule has 3 rings (SSSR count). The van der Waals surface area contributed by atoms with E-state index in [2.05, 4.69) is 0 Å². The monoisotopic (exact) mass is 390 g/mol. The Hall–Kier alpha value is -2.75. The average Bonchev–Trinajstić information content (AvgIpc) is 3.01. The van der Waals surface area contributed by atoms with E-state index in [4.69, 9.17) is 32.7 Å². The molecule has 0 fully saturated rings. The molecule has 2 atom stereocenters. The van der Waals surface area contributed by atoms with Gasteiger partial charge in [-0.1, -0.05) is 29.3 Å². The highest BCUT2D eigenvalue weighted by molar-refractivity contribution is 6.35. The molecule has 0 N–H and O–H groups in total. The number of hydrogen-bond acceptors (Lipinski definition) is 5. The first-order valence-corrected chi connectivity index (χ1v) is 8.25. The van der Waals surface area contributed by atoms with Crippen molar-refractivity contribution in [3.05, 3.63) is 79.3 Å². The second-order valence-electron chi connectivity index (χ2n) is 5.52. The van der Waals surface area contributed by atoms with Crippen molar-refractivity contribution in [2.75, 3.05) is 7.11 Å². The number of hydrogen-bond donors (Lipinski definition) is 0. The number of ether oxygens (including phenoxy) is 2. The molecule has 6 nitrogen and oxygen atoms in total. The van der Waals surface area contributed by atoms with Crippen LogP contribution in [-0.4, -0.2) is 18.3 Å². The predicted octanol–water partition coefficient (Wildman–Crippen LogP) is 4.65. The summed E-state index contributed by atoms with van der Waals surface area (Å²) in [5.74, 6) is -0.154. The lowest BCUT2D eigenvalue weighted by Crippen LogP contribution is -2.26. The van der Waals surface area contributed by atoms with Crippen molar-refractivity contribution < 1.29 is 14.4 Å². The first-order chi connectivity index (χ1) is 12.5. The van der Waals surface area contributed by atoms with Crippen molar-refractivity contribution in [1.29, 1.82) is 5.26 Å². The van der Waals surface area contributed by atoms with Gasteiger partial charge in [-0.05, 0) is 42.0 Å². The molecule has 2 aromatic carbocycles. The number of nitro groups is 1. The lowest BCUT2D eigenvalue weighted by Gasteiger charge is -2.14. The summed E-state index contributed by atoms with van der Waals surface area (Å²) in [6, 6.07) is 13.4. The van der Waals surface area contributed by atoms with Gasteiger partial charge in [0.1, 0.15) is 17.4 Å². The smallest absolute Gasteiger partial charge is 0.365 e. The maximum atomic E-state index is 11.6. The van der Waals surface area contributed by atoms with Gasteiger partial charge >= 0.3 is 6.23 Å². The molecule has 0 aromatic heterocycles. The van der Waals surface area contributed by atoms with Gasteiger partial charge in [-0.15, -0.1) is 0 Å². The fourth-order valence-electron chi connectivity index (χ4n) is 2.85. The summed E-state index contributed by atoms with van der Waals surface area (Å²) in [6.45, 7) is 0. The first-order valence-electron chi connectivity index (χ1n) is 7.50. The number of nitriles is 1. The van der Waals surface area contributed by atoms with Crippen LogP contribution in [0.25, 0.3) is 5.76 Å². The Morgan fingerprint density at radius 3 is 2.46 bits per heavy atom. The van der Waals surface area contributed by atoms with Crippen molar-refractivity contribution in [2.45, 2.75) is 12.1 Å². The number of halogens is 2. The van der Waals surface area contributed by atoms with Crippen molar-refractivity contribution in [3.63, 3.8) is 0 Å². The lowest BCUT2D eigenvalue weighted by molar-refractivity contribution is -0.567. The van der Waals surface area contributed by atoms with Crippen LogP contribution in [0.1, 0.15) is 17.0 Å². The van der Waals surface area contributed by atoms with Gasteiger partial charge < -0.3 is 9.47 Å². The average molecular weight is 391 g/mol. The quantitative estimate of drug-likeness (QED) is 0.559. The highest BCUT2D eigenvalue weighted by Crippen LogP contribution is 2.45. The zero-order chi connectivity index (χ0) is 18.8. The molecule has 0 unspecified atom stereocenters. The molecule has 1 heterocycles. The lowest BCUT2D eigenvalue weighted by atomic mass is 9.90. The molecular formula is C18H12Cl2N2O4. The highest BCUT2D eigenvalue weighted by atomic mass is 35.5. The van der Waals surface area contributed by atoms with E-state index in [9.17, 15) is 15.4 Å². The van der Waals surface area contributed by atoms with Gasteiger partial charge in [0.2, 0.25) is 0 Å². The summed E-state index contributed by atoms with van der Waals surface area (Å²) < 4.78 is 10.7. The van der Waals surface area contributed by atoms with E-state index in [0.29, 0.717) is 21.9 Å². The molecule has 2 aromatic rings. The molecule has 132 valence electrons. The van der Waals surface area contributed by atoms with E-state index in [0.717, 1.165) is 0 Å². The summed E-state index contributed by atoms with van der Waals surface area (Å²) in [5.41, 5.74) is 1.10. The van der Waals surface area contributed by atoms with E-state index in [1.165, 1.54) is 13.2 Å². The van der Waals surface area contributed by atoms with Crippen LogP contribution in [-0.2, 0) is 4.74 Å². The van der Waals surface area contributed by atoms with E-state index in [1.807, 2.05) is 6.07 Å². The molecule has 0 bridgehead atoms. The number of benzene rings is 2. The van der Waals surface area contributed by atoms with Gasteiger partial charge in [-0.25, -0.2) is 0 Å². The summed E-state index contributed by atoms with van der Waals surface area (Å²) in [6.07, 6.45) is -1.46. The Morgan fingerprint density at radius 1 is 1.23 bits per heavy atom. The summed E-state index contributed by atoms with van der Waals surface area (Å²) in [7, 11) is 1.53. The Balaban J connectivity index is 2.14. The van der Waals surface area contributed by atoms with Crippen molar-refractivity contribution in [2.24, 2.45) is 0 Å². The van der Waals surface area contributed by atoms with Crippen molar-refractivity contribution >= 4 is 29.0 Å². The molecule has 0 aliphatic carbocycles. The van der Waals surface area contributed by atoms with Gasteiger partial charge in [-0.2, -0.15) is 5.26 Å². The molecule has 0 radical (unpaired) electrons. The third-order valence-corrected chi connectivity index (χ3v) is 4.62. The SMILES string of the molecule is COc1ccc(C2=C(C#N)[C@H](c3ccc(Cl)cc3Cl)[C@@H]([N+](=O)[O-])O2)cc1. The Bertz CT molecular complexity index is 935. The molecule has 8 heteroatoms. The molecular weight excluding hydrogens is 379 g/mol. The van der Waals surface area contributed by atoms with Crippen molar-refractivity contribution in [1.82, 2.24) is 0 Å². The van der Waals surface area contributed by atoms with E-state index < -0.39 is 17.1 Å². The minimum Gasteiger partial charge on any atom is -0.497 e. The Labute approximate surface area is 159 Å². The van der Waals surface area contributed by atoms with Crippen LogP contribution in [0, 0.1) is 21.4 Å². The van der Waals surface area contributed by atoms with E-state index in [1.54, 1.807) is 36.4 Å². The molecule has 1 aliphatic heterocycles. The van der Waals surface area contributed by atoms with Gasteiger partial charge in [0.15, 0.2) is 0 Å². The Morgan fingerprint density at radius 2 is 1.92 bits per heavy atom. The predicted molar refractivity (Wildman–Crippen MR) is 96.6 cm³/mol. The van der Waals surface area contributed by atoms with Crippen LogP contribution >= 0.6 is 23.2 Å². The topological polar surface area (TPSA) is 85.4 Å². The molecule has 0 saturated carbocycles. The number of rotatable bonds is 4. The molecule has 1 aliphatic rings. The van der Waals surface area contributed by atoms with Crippen LogP contribution in [0.2, 0.25) is 10.0 Å². The van der Waals surface area contributed by atoms with Crippen LogP contribution in [0.4, 0.5) is 0 Å². The second kappa shape index (κ2) is 7.24. The maximum absolute atomic E-state index is 11.6. The molecule has 26 heavy (non-hydrogen) atoms. The zero-order valence-electron chi connectivity index (χ0n) is 13.5. The zero-order valence-corrected chi connectivity index (χ0v) is 15.0. The highest BCUT2D eigenvalue weighted by Gasteiger charge is 2.47. The largest absolute Gasteiger partial charge is 0.497 e. The molecule has 0 amide bonds. The standard InChI is InChI=1S/C18H12Cl2N2O4/c1-25-12-5-2-10(3-6-12)17-14(9-21)16(18(26-17)22(23)24)13-7-4-11(19)8-15(13)20/h2-8,16,18H,1H3/t16-,18-/m0/s1. The summed E-state index contributed by atoms with van der Waals surface area (Å²) in [4.78, 5) is 11.0. The van der Waals surface area contributed by atoms with Crippen molar-refractivity contribution in [3.8, 4) is 11.8 Å². The maximum Gasteiger partial charge on any atom is 0.365 e. The fraction of sp³-hybridized carbons (Fsp3) is 0.167. The molecule has 0 saturated heterocycles. The first kappa shape index (κ1) is 18.1. The minimum absolute atomic E-state index is 0.140. The van der Waals surface area contributed by atoms with Gasteiger partial charge in [0.05, 0.1) is 23.7 Å². The van der Waals surface area contributed by atoms with E-state index in [-0.39, 0.29) is 16.4 Å². The third kappa shape index (κ3) is 3.19. The number of methoxy groups -OCH3 is 1. The Kier molecular flexibility index (Phi) is 5.03. The number of nitrogens with zero attached hydrogens (tertiary/aromatic N) is 2. The van der Waals surface area contributed by atoms with Crippen LogP contribution in [0.15, 0.2) is 48.0 Å². The second-order valence-corrected chi connectivity index (χ2v) is 6.36. The fourth-order valence-corrected chi connectivity index (χ4v) is 3.38. The summed E-state index contributed by atoms with van der Waals surface area (Å²) in [5, 5.41) is 21.9. The van der Waals surface area contributed by atoms with Crippen LogP contribution in [0.5, 0.6) is 5.75 Å². The molecule has 0 spiro atoms. The van der Waals surface area contributed by atoms with Gasteiger partial charge in [0.25, 0.3) is 0 Å². The third-order valence-electron chi connectivity index (χ3n) is 4.06. The van der Waals surface area contributed by atoms with Crippen LogP contribution in [0.3, 0.4) is 0 Å².